The Morgan fingerprint density at radius 1 is 1.17 bits per heavy atom. The minimum Gasteiger partial charge on any atom is -0.335 e. The summed E-state index contributed by atoms with van der Waals surface area (Å²) < 4.78 is 12.7. The summed E-state index contributed by atoms with van der Waals surface area (Å²) in [6.45, 7) is 6.29. The molecule has 3 nitrogen and oxygen atoms in total. The Kier molecular flexibility index (Phi) is 5.62. The topological polar surface area (TPSA) is 41.1 Å². The van der Waals surface area contributed by atoms with Crippen molar-refractivity contribution in [3.05, 3.63) is 30.1 Å². The number of rotatable bonds is 5. The Morgan fingerprint density at radius 2 is 1.78 bits per heavy atom. The van der Waals surface area contributed by atoms with E-state index in [2.05, 4.69) is 24.5 Å². The zero-order chi connectivity index (χ0) is 13.5. The van der Waals surface area contributed by atoms with Crippen LogP contribution in [0.15, 0.2) is 24.3 Å². The van der Waals surface area contributed by atoms with Crippen molar-refractivity contribution in [3.63, 3.8) is 0 Å². The molecule has 0 aliphatic heterocycles. The highest BCUT2D eigenvalue weighted by molar-refractivity contribution is 5.89. The number of anilines is 1. The number of urea groups is 1. The van der Waals surface area contributed by atoms with Gasteiger partial charge in [0, 0.05) is 11.7 Å². The maximum absolute atomic E-state index is 12.7. The highest BCUT2D eigenvalue weighted by Gasteiger charge is 2.08. The van der Waals surface area contributed by atoms with Crippen LogP contribution < -0.4 is 10.6 Å². The third-order valence-electron chi connectivity index (χ3n) is 2.66. The summed E-state index contributed by atoms with van der Waals surface area (Å²) in [5.74, 6) is 0.320. The maximum atomic E-state index is 12.7. The molecule has 1 aromatic carbocycles. The summed E-state index contributed by atoms with van der Waals surface area (Å²) in [6, 6.07) is 5.59. The van der Waals surface area contributed by atoms with E-state index in [0.29, 0.717) is 11.6 Å². The van der Waals surface area contributed by atoms with Gasteiger partial charge in [0.2, 0.25) is 0 Å². The van der Waals surface area contributed by atoms with E-state index in [4.69, 9.17) is 0 Å². The molecule has 0 saturated carbocycles. The van der Waals surface area contributed by atoms with Gasteiger partial charge in [0.1, 0.15) is 5.82 Å². The smallest absolute Gasteiger partial charge is 0.319 e. The van der Waals surface area contributed by atoms with Crippen molar-refractivity contribution < 1.29 is 9.18 Å². The van der Waals surface area contributed by atoms with Crippen LogP contribution in [0.3, 0.4) is 0 Å². The SMILES string of the molecule is CC(C)CCC(C)NC(=O)Nc1ccc(F)cc1. The fraction of sp³-hybridized carbons (Fsp3) is 0.500. The van der Waals surface area contributed by atoms with Gasteiger partial charge in [0.25, 0.3) is 0 Å². The number of carbonyl (C=O) groups excluding carboxylic acids is 1. The first-order valence-corrected chi connectivity index (χ1v) is 6.30. The molecule has 1 rings (SSSR count). The van der Waals surface area contributed by atoms with Gasteiger partial charge in [-0.15, -0.1) is 0 Å². The number of halogens is 1. The van der Waals surface area contributed by atoms with Gasteiger partial charge in [-0.05, 0) is 49.9 Å². The van der Waals surface area contributed by atoms with Crippen LogP contribution in [0.1, 0.15) is 33.6 Å². The zero-order valence-electron chi connectivity index (χ0n) is 11.2. The second kappa shape index (κ2) is 6.99. The molecule has 1 aromatic rings. The highest BCUT2D eigenvalue weighted by atomic mass is 19.1. The van der Waals surface area contributed by atoms with Gasteiger partial charge in [-0.25, -0.2) is 9.18 Å². The summed E-state index contributed by atoms with van der Waals surface area (Å²) in [6.07, 6.45) is 2.03. The van der Waals surface area contributed by atoms with E-state index in [0.717, 1.165) is 12.8 Å². The predicted octanol–water partition coefficient (Wildman–Crippen LogP) is 3.77. The first-order valence-electron chi connectivity index (χ1n) is 6.30. The number of benzene rings is 1. The molecule has 4 heteroatoms. The Balaban J connectivity index is 2.34. The van der Waals surface area contributed by atoms with Crippen molar-refractivity contribution in [2.75, 3.05) is 5.32 Å². The molecular weight excluding hydrogens is 231 g/mol. The van der Waals surface area contributed by atoms with E-state index in [1.54, 1.807) is 0 Å². The van der Waals surface area contributed by atoms with E-state index < -0.39 is 0 Å². The number of nitrogens with one attached hydrogen (secondary N) is 2. The summed E-state index contributed by atoms with van der Waals surface area (Å²) in [7, 11) is 0. The molecule has 100 valence electrons. The Morgan fingerprint density at radius 3 is 2.33 bits per heavy atom. The third-order valence-corrected chi connectivity index (χ3v) is 2.66. The molecule has 1 atom stereocenters. The van der Waals surface area contributed by atoms with Crippen molar-refractivity contribution in [1.29, 1.82) is 0 Å². The second-order valence-electron chi connectivity index (χ2n) is 4.98. The average Bonchev–Trinajstić information content (AvgIpc) is 2.29. The quantitative estimate of drug-likeness (QED) is 0.822. The first-order chi connectivity index (χ1) is 8.47. The summed E-state index contributed by atoms with van der Waals surface area (Å²) >= 11 is 0. The fourth-order valence-electron chi connectivity index (χ4n) is 1.58. The summed E-state index contributed by atoms with van der Waals surface area (Å²) in [4.78, 5) is 11.6. The van der Waals surface area contributed by atoms with E-state index in [1.807, 2.05) is 6.92 Å². The van der Waals surface area contributed by atoms with Crippen LogP contribution in [0, 0.1) is 11.7 Å². The van der Waals surface area contributed by atoms with E-state index >= 15 is 0 Å². The Hall–Kier alpha value is -1.58. The highest BCUT2D eigenvalue weighted by Crippen LogP contribution is 2.09. The van der Waals surface area contributed by atoms with Crippen LogP contribution in [-0.2, 0) is 0 Å². The van der Waals surface area contributed by atoms with Gasteiger partial charge in [-0.2, -0.15) is 0 Å². The lowest BCUT2D eigenvalue weighted by Gasteiger charge is -2.15. The minimum atomic E-state index is -0.314. The predicted molar refractivity (Wildman–Crippen MR) is 72.1 cm³/mol. The molecule has 2 amide bonds. The number of carbonyl (C=O) groups is 1. The molecule has 0 spiro atoms. The fourth-order valence-corrected chi connectivity index (χ4v) is 1.58. The molecule has 0 aliphatic carbocycles. The normalized spacial score (nSPS) is 12.3. The van der Waals surface area contributed by atoms with Crippen LogP contribution in [0.5, 0.6) is 0 Å². The molecule has 0 aromatic heterocycles. The molecule has 0 saturated heterocycles. The lowest BCUT2D eigenvalue weighted by Crippen LogP contribution is -2.36. The largest absolute Gasteiger partial charge is 0.335 e. The Bertz CT molecular complexity index is 376. The molecule has 0 fully saturated rings. The minimum absolute atomic E-state index is 0.132. The van der Waals surface area contributed by atoms with Crippen molar-refractivity contribution in [1.82, 2.24) is 5.32 Å². The maximum Gasteiger partial charge on any atom is 0.319 e. The standard InChI is InChI=1S/C14H21FN2O/c1-10(2)4-5-11(3)16-14(18)17-13-8-6-12(15)7-9-13/h6-11H,4-5H2,1-3H3,(H2,16,17,18). The lowest BCUT2D eigenvalue weighted by molar-refractivity contribution is 0.248. The van der Waals surface area contributed by atoms with Crippen LogP contribution in [0.4, 0.5) is 14.9 Å². The number of hydrogen-bond donors (Lipinski definition) is 2. The Labute approximate surface area is 108 Å². The van der Waals surface area contributed by atoms with E-state index in [1.165, 1.54) is 24.3 Å². The van der Waals surface area contributed by atoms with Gasteiger partial charge in [0.05, 0.1) is 0 Å². The zero-order valence-corrected chi connectivity index (χ0v) is 11.2. The lowest BCUT2D eigenvalue weighted by atomic mass is 10.0. The molecule has 1 unspecified atom stereocenters. The molecule has 0 bridgehead atoms. The second-order valence-corrected chi connectivity index (χ2v) is 4.98. The summed E-state index contributed by atoms with van der Waals surface area (Å²) in [5.41, 5.74) is 0.588. The number of hydrogen-bond acceptors (Lipinski definition) is 1. The van der Waals surface area contributed by atoms with Crippen LogP contribution in [-0.4, -0.2) is 12.1 Å². The third kappa shape index (κ3) is 5.66. The van der Waals surface area contributed by atoms with Gasteiger partial charge in [0.15, 0.2) is 0 Å². The number of amides is 2. The molecule has 0 aliphatic rings. The van der Waals surface area contributed by atoms with Gasteiger partial charge in [-0.3, -0.25) is 0 Å². The molecular formula is C14H21FN2O. The van der Waals surface area contributed by atoms with Crippen LogP contribution in [0.2, 0.25) is 0 Å². The van der Waals surface area contributed by atoms with Crippen molar-refractivity contribution in [3.8, 4) is 0 Å². The molecule has 18 heavy (non-hydrogen) atoms. The molecule has 2 N–H and O–H groups in total. The van der Waals surface area contributed by atoms with Gasteiger partial charge < -0.3 is 10.6 Å². The molecule has 0 heterocycles. The van der Waals surface area contributed by atoms with Crippen molar-refractivity contribution >= 4 is 11.7 Å². The van der Waals surface area contributed by atoms with Gasteiger partial charge in [-0.1, -0.05) is 13.8 Å². The van der Waals surface area contributed by atoms with E-state index in [-0.39, 0.29) is 17.9 Å². The first kappa shape index (κ1) is 14.5. The van der Waals surface area contributed by atoms with Crippen LogP contribution in [0.25, 0.3) is 0 Å². The van der Waals surface area contributed by atoms with Crippen molar-refractivity contribution in [2.45, 2.75) is 39.7 Å². The van der Waals surface area contributed by atoms with E-state index in [9.17, 15) is 9.18 Å². The monoisotopic (exact) mass is 252 g/mol. The van der Waals surface area contributed by atoms with Crippen LogP contribution >= 0.6 is 0 Å². The average molecular weight is 252 g/mol. The molecule has 0 radical (unpaired) electrons. The van der Waals surface area contributed by atoms with Gasteiger partial charge >= 0.3 is 6.03 Å². The summed E-state index contributed by atoms with van der Waals surface area (Å²) in [5, 5.41) is 5.53. The van der Waals surface area contributed by atoms with Crippen molar-refractivity contribution in [2.24, 2.45) is 5.92 Å².